The molecule has 3 rings (SSSR count). The highest BCUT2D eigenvalue weighted by atomic mass is 16.6. The number of nitrogens with zero attached hydrogens (tertiary/aromatic N) is 3. The van der Waals surface area contributed by atoms with Crippen molar-refractivity contribution in [1.82, 2.24) is 0 Å². The third-order valence-electron chi connectivity index (χ3n) is 5.14. The minimum absolute atomic E-state index is 0.0142. The lowest BCUT2D eigenvalue weighted by atomic mass is 9.56. The first kappa shape index (κ1) is 14.8. The van der Waals surface area contributed by atoms with E-state index in [1.807, 2.05) is 18.0 Å². The summed E-state index contributed by atoms with van der Waals surface area (Å²) in [6, 6.07) is 6.81. The fourth-order valence-electron chi connectivity index (χ4n) is 4.27. The highest BCUT2D eigenvalue weighted by molar-refractivity contribution is 5.66. The number of ether oxygens (including phenoxy) is 1. The van der Waals surface area contributed by atoms with Gasteiger partial charge in [-0.05, 0) is 18.6 Å². The average molecular weight is 301 g/mol. The quantitative estimate of drug-likeness (QED) is 0.633. The lowest BCUT2D eigenvalue weighted by molar-refractivity contribution is -0.384. The van der Waals surface area contributed by atoms with Crippen molar-refractivity contribution in [3.63, 3.8) is 0 Å². The van der Waals surface area contributed by atoms with Crippen LogP contribution in [0.4, 0.5) is 11.4 Å². The fraction of sp³-hybridized carbons (Fsp3) is 0.562. The van der Waals surface area contributed by atoms with E-state index >= 15 is 0 Å². The van der Waals surface area contributed by atoms with Gasteiger partial charge in [0.1, 0.15) is 5.69 Å². The highest BCUT2D eigenvalue weighted by Crippen LogP contribution is 2.55. The van der Waals surface area contributed by atoms with Crippen molar-refractivity contribution in [2.24, 2.45) is 11.3 Å². The molecule has 1 saturated heterocycles. The number of fused-ring (bicyclic) bond motifs is 1. The van der Waals surface area contributed by atoms with E-state index in [9.17, 15) is 10.1 Å². The fourth-order valence-corrected chi connectivity index (χ4v) is 4.27. The molecule has 0 N–H and O–H groups in total. The molecule has 1 aromatic carbocycles. The van der Waals surface area contributed by atoms with Gasteiger partial charge in [-0.15, -0.1) is 0 Å². The van der Waals surface area contributed by atoms with Crippen molar-refractivity contribution in [2.45, 2.75) is 32.4 Å². The molecule has 116 valence electrons. The maximum atomic E-state index is 11.4. The topological polar surface area (TPSA) is 79.4 Å². The Morgan fingerprint density at radius 1 is 1.50 bits per heavy atom. The molecule has 1 aromatic rings. The number of benzene rings is 1. The summed E-state index contributed by atoms with van der Waals surface area (Å²) in [6.07, 6.45) is 1.23. The van der Waals surface area contributed by atoms with Gasteiger partial charge in [0, 0.05) is 37.1 Å². The number of nitriles is 1. The lowest BCUT2D eigenvalue weighted by Gasteiger charge is -2.58. The summed E-state index contributed by atoms with van der Waals surface area (Å²) in [5.74, 6) is 0.412. The molecular formula is C16H19N3O3. The monoisotopic (exact) mass is 301 g/mol. The van der Waals surface area contributed by atoms with Crippen molar-refractivity contribution < 1.29 is 9.66 Å². The molecular weight excluding hydrogens is 282 g/mol. The third kappa shape index (κ3) is 1.97. The van der Waals surface area contributed by atoms with Crippen molar-refractivity contribution in [1.29, 1.82) is 5.26 Å². The molecule has 6 heteroatoms. The Balaban J connectivity index is 1.97. The summed E-state index contributed by atoms with van der Waals surface area (Å²) in [5, 5.41) is 20.3. The van der Waals surface area contributed by atoms with Crippen LogP contribution in [-0.4, -0.2) is 30.7 Å². The number of rotatable bonds is 3. The van der Waals surface area contributed by atoms with E-state index in [0.717, 1.165) is 13.0 Å². The predicted octanol–water partition coefficient (Wildman–Crippen LogP) is 2.72. The van der Waals surface area contributed by atoms with E-state index in [1.165, 1.54) is 6.07 Å². The zero-order valence-corrected chi connectivity index (χ0v) is 12.9. The maximum Gasteiger partial charge on any atom is 0.293 e. The van der Waals surface area contributed by atoms with Crippen LogP contribution in [-0.2, 0) is 4.74 Å². The van der Waals surface area contributed by atoms with E-state index in [-0.39, 0.29) is 23.2 Å². The molecule has 0 bridgehead atoms. The zero-order chi connectivity index (χ0) is 16.1. The van der Waals surface area contributed by atoms with E-state index in [2.05, 4.69) is 13.8 Å². The molecule has 6 nitrogen and oxygen atoms in total. The summed E-state index contributed by atoms with van der Waals surface area (Å²) >= 11 is 0. The molecule has 0 radical (unpaired) electrons. The first-order chi connectivity index (χ1) is 10.4. The average Bonchev–Trinajstić information content (AvgIpc) is 2.92. The third-order valence-corrected chi connectivity index (χ3v) is 5.14. The number of nitro benzene ring substituents is 1. The summed E-state index contributed by atoms with van der Waals surface area (Å²) in [4.78, 5) is 12.9. The Bertz CT molecular complexity index is 665. The molecule has 3 atom stereocenters. The first-order valence-electron chi connectivity index (χ1n) is 7.41. The SMILES string of the molecule is CN(c1ccc(C#N)cc1[N+](=O)[O-])C1C2CCOC2C1(C)C. The number of anilines is 1. The maximum absolute atomic E-state index is 11.4. The lowest BCUT2D eigenvalue weighted by Crippen LogP contribution is -2.66. The summed E-state index contributed by atoms with van der Waals surface area (Å²) in [6.45, 7) is 5.06. The molecule has 2 fully saturated rings. The molecule has 1 aliphatic carbocycles. The molecule has 1 heterocycles. The second-order valence-electron chi connectivity index (χ2n) is 6.69. The Labute approximate surface area is 129 Å². The van der Waals surface area contributed by atoms with Crippen molar-refractivity contribution >= 4 is 11.4 Å². The van der Waals surface area contributed by atoms with E-state index in [1.54, 1.807) is 12.1 Å². The van der Waals surface area contributed by atoms with Gasteiger partial charge in [0.2, 0.25) is 0 Å². The van der Waals surface area contributed by atoms with Crippen LogP contribution in [0, 0.1) is 32.8 Å². The number of hydrogen-bond acceptors (Lipinski definition) is 5. The van der Waals surface area contributed by atoms with Crippen LogP contribution in [0.3, 0.4) is 0 Å². The van der Waals surface area contributed by atoms with E-state index < -0.39 is 4.92 Å². The molecule has 0 amide bonds. The normalized spacial score (nSPS) is 28.4. The van der Waals surface area contributed by atoms with E-state index in [0.29, 0.717) is 17.2 Å². The van der Waals surface area contributed by atoms with Gasteiger partial charge in [-0.1, -0.05) is 13.8 Å². The highest BCUT2D eigenvalue weighted by Gasteiger charge is 2.61. The van der Waals surface area contributed by atoms with Gasteiger partial charge in [-0.25, -0.2) is 0 Å². The summed E-state index contributed by atoms with van der Waals surface area (Å²) in [5.41, 5.74) is 0.809. The number of hydrogen-bond donors (Lipinski definition) is 0. The number of nitro groups is 1. The minimum Gasteiger partial charge on any atom is -0.377 e. The largest absolute Gasteiger partial charge is 0.377 e. The molecule has 3 unspecified atom stereocenters. The van der Waals surface area contributed by atoms with Crippen LogP contribution in [0.5, 0.6) is 0 Å². The van der Waals surface area contributed by atoms with Crippen LogP contribution < -0.4 is 4.90 Å². The van der Waals surface area contributed by atoms with Gasteiger partial charge < -0.3 is 9.64 Å². The molecule has 1 aliphatic heterocycles. The minimum atomic E-state index is -0.416. The molecule has 0 spiro atoms. The molecule has 22 heavy (non-hydrogen) atoms. The smallest absolute Gasteiger partial charge is 0.293 e. The van der Waals surface area contributed by atoms with Crippen LogP contribution >= 0.6 is 0 Å². The van der Waals surface area contributed by atoms with Crippen LogP contribution in [0.15, 0.2) is 18.2 Å². The Hall–Kier alpha value is -2.13. The van der Waals surface area contributed by atoms with Crippen molar-refractivity contribution in [3.8, 4) is 6.07 Å². The summed E-state index contributed by atoms with van der Waals surface area (Å²) < 4.78 is 5.79. The standard InChI is InChI=1S/C16H19N3O3/c1-16(2)14(11-6-7-22-15(11)16)18(3)12-5-4-10(9-17)8-13(12)19(20)21/h4-5,8,11,14-15H,6-7H2,1-3H3. The van der Waals surface area contributed by atoms with Gasteiger partial charge in [0.05, 0.1) is 22.7 Å². The van der Waals surface area contributed by atoms with Crippen LogP contribution in [0.25, 0.3) is 0 Å². The Morgan fingerprint density at radius 3 is 2.86 bits per heavy atom. The van der Waals surface area contributed by atoms with Crippen molar-refractivity contribution in [2.75, 3.05) is 18.6 Å². The van der Waals surface area contributed by atoms with E-state index in [4.69, 9.17) is 10.00 Å². The molecule has 0 aromatic heterocycles. The van der Waals surface area contributed by atoms with Gasteiger partial charge in [-0.3, -0.25) is 10.1 Å². The van der Waals surface area contributed by atoms with Gasteiger partial charge >= 0.3 is 0 Å². The first-order valence-corrected chi connectivity index (χ1v) is 7.41. The van der Waals surface area contributed by atoms with Gasteiger partial charge in [-0.2, -0.15) is 5.26 Å². The second kappa shape index (κ2) is 4.96. The zero-order valence-electron chi connectivity index (χ0n) is 12.9. The second-order valence-corrected chi connectivity index (χ2v) is 6.69. The summed E-state index contributed by atoms with van der Waals surface area (Å²) in [7, 11) is 1.90. The van der Waals surface area contributed by atoms with Crippen LogP contribution in [0.2, 0.25) is 0 Å². The van der Waals surface area contributed by atoms with Crippen molar-refractivity contribution in [3.05, 3.63) is 33.9 Å². The van der Waals surface area contributed by atoms with Gasteiger partial charge in [0.15, 0.2) is 0 Å². The van der Waals surface area contributed by atoms with Crippen LogP contribution in [0.1, 0.15) is 25.8 Å². The molecule has 2 aliphatic rings. The molecule has 1 saturated carbocycles. The van der Waals surface area contributed by atoms with Gasteiger partial charge in [0.25, 0.3) is 5.69 Å². The Morgan fingerprint density at radius 2 is 2.23 bits per heavy atom. The Kier molecular flexibility index (Phi) is 3.33. The predicted molar refractivity (Wildman–Crippen MR) is 81.6 cm³/mol.